The number of aromatic nitrogens is 2. The SMILES string of the molecule is COc1cn(-c2ccc(OCc3ccccc3)cc2F)nc(C(=O)N(C)C)c1=O. The van der Waals surface area contributed by atoms with Crippen molar-refractivity contribution in [3.05, 3.63) is 82.0 Å². The van der Waals surface area contributed by atoms with Gasteiger partial charge in [0, 0.05) is 20.2 Å². The molecule has 0 radical (unpaired) electrons. The Hall–Kier alpha value is -3.68. The van der Waals surface area contributed by atoms with Crippen LogP contribution in [0.5, 0.6) is 11.5 Å². The number of hydrogen-bond acceptors (Lipinski definition) is 5. The maximum atomic E-state index is 14.7. The molecule has 0 aliphatic heterocycles. The van der Waals surface area contributed by atoms with E-state index in [2.05, 4.69) is 5.10 Å². The number of benzene rings is 2. The van der Waals surface area contributed by atoms with Gasteiger partial charge in [-0.25, -0.2) is 9.07 Å². The molecule has 0 aliphatic rings. The summed E-state index contributed by atoms with van der Waals surface area (Å²) in [5, 5.41) is 4.01. The normalized spacial score (nSPS) is 10.5. The third-order valence-corrected chi connectivity index (χ3v) is 4.13. The van der Waals surface area contributed by atoms with Crippen molar-refractivity contribution in [2.24, 2.45) is 0 Å². The Morgan fingerprint density at radius 1 is 1.17 bits per heavy atom. The number of halogens is 1. The highest BCUT2D eigenvalue weighted by atomic mass is 19.1. The van der Waals surface area contributed by atoms with Crippen molar-refractivity contribution in [3.63, 3.8) is 0 Å². The molecule has 0 saturated heterocycles. The van der Waals surface area contributed by atoms with E-state index in [0.717, 1.165) is 10.2 Å². The lowest BCUT2D eigenvalue weighted by atomic mass is 10.2. The number of nitrogens with zero attached hydrogens (tertiary/aromatic N) is 3. The third-order valence-electron chi connectivity index (χ3n) is 4.13. The van der Waals surface area contributed by atoms with Crippen LogP contribution in [-0.2, 0) is 6.61 Å². The highest BCUT2D eigenvalue weighted by Gasteiger charge is 2.20. The maximum absolute atomic E-state index is 14.7. The molecule has 8 heteroatoms. The largest absolute Gasteiger partial charge is 0.491 e. The summed E-state index contributed by atoms with van der Waals surface area (Å²) in [6.07, 6.45) is 1.23. The van der Waals surface area contributed by atoms with E-state index in [1.807, 2.05) is 30.3 Å². The molecule has 0 fully saturated rings. The molecular formula is C21H20FN3O4. The summed E-state index contributed by atoms with van der Waals surface area (Å²) in [5.74, 6) is -1.01. The Labute approximate surface area is 166 Å². The highest BCUT2D eigenvalue weighted by molar-refractivity contribution is 5.92. The first-order valence-corrected chi connectivity index (χ1v) is 8.77. The molecule has 0 unspecified atom stereocenters. The van der Waals surface area contributed by atoms with Gasteiger partial charge in [-0.1, -0.05) is 30.3 Å². The first-order valence-electron chi connectivity index (χ1n) is 8.77. The van der Waals surface area contributed by atoms with Crippen LogP contribution in [0.15, 0.2) is 59.5 Å². The first kappa shape index (κ1) is 20.1. The van der Waals surface area contributed by atoms with Crippen molar-refractivity contribution in [3.8, 4) is 17.2 Å². The Kier molecular flexibility index (Phi) is 5.92. The summed E-state index contributed by atoms with van der Waals surface area (Å²) in [4.78, 5) is 25.8. The summed E-state index contributed by atoms with van der Waals surface area (Å²) in [6, 6.07) is 13.8. The number of ether oxygens (including phenoxy) is 2. The van der Waals surface area contributed by atoms with E-state index in [9.17, 15) is 14.0 Å². The van der Waals surface area contributed by atoms with Gasteiger partial charge in [-0.05, 0) is 17.7 Å². The van der Waals surface area contributed by atoms with E-state index in [-0.39, 0.29) is 17.1 Å². The number of hydrogen-bond donors (Lipinski definition) is 0. The summed E-state index contributed by atoms with van der Waals surface area (Å²) in [5.41, 5.74) is -0.0253. The molecule has 0 bridgehead atoms. The monoisotopic (exact) mass is 397 g/mol. The molecule has 150 valence electrons. The zero-order valence-corrected chi connectivity index (χ0v) is 16.3. The molecule has 1 aromatic heterocycles. The van der Waals surface area contributed by atoms with Gasteiger partial charge in [0.2, 0.25) is 0 Å². The van der Waals surface area contributed by atoms with Gasteiger partial charge in [0.25, 0.3) is 11.3 Å². The average Bonchev–Trinajstić information content (AvgIpc) is 2.73. The average molecular weight is 397 g/mol. The van der Waals surface area contributed by atoms with Crippen molar-refractivity contribution >= 4 is 5.91 Å². The molecule has 3 aromatic rings. The fourth-order valence-corrected chi connectivity index (χ4v) is 2.59. The van der Waals surface area contributed by atoms with E-state index >= 15 is 0 Å². The van der Waals surface area contributed by atoms with Crippen molar-refractivity contribution in [2.45, 2.75) is 6.61 Å². The molecular weight excluding hydrogens is 377 g/mol. The van der Waals surface area contributed by atoms with Gasteiger partial charge in [0.05, 0.1) is 13.3 Å². The van der Waals surface area contributed by atoms with Gasteiger partial charge in [-0.3, -0.25) is 9.59 Å². The second kappa shape index (κ2) is 8.55. The van der Waals surface area contributed by atoms with Crippen molar-refractivity contribution < 1.29 is 18.7 Å². The maximum Gasteiger partial charge on any atom is 0.278 e. The molecule has 0 atom stereocenters. The minimum atomic E-state index is -0.661. The molecule has 0 spiro atoms. The van der Waals surface area contributed by atoms with Crippen LogP contribution in [0.3, 0.4) is 0 Å². The van der Waals surface area contributed by atoms with Crippen LogP contribution in [0.2, 0.25) is 0 Å². The zero-order valence-electron chi connectivity index (χ0n) is 16.3. The summed E-state index contributed by atoms with van der Waals surface area (Å²) in [6.45, 7) is 0.297. The Morgan fingerprint density at radius 2 is 1.90 bits per heavy atom. The number of rotatable bonds is 6. The van der Waals surface area contributed by atoms with E-state index < -0.39 is 17.2 Å². The molecule has 0 N–H and O–H groups in total. The molecule has 1 amide bonds. The Balaban J connectivity index is 1.93. The molecule has 7 nitrogen and oxygen atoms in total. The number of amides is 1. The third kappa shape index (κ3) is 4.43. The summed E-state index contributed by atoms with van der Waals surface area (Å²) >= 11 is 0. The number of carbonyl (C=O) groups excluding carboxylic acids is 1. The van der Waals surface area contributed by atoms with Crippen molar-refractivity contribution in [1.82, 2.24) is 14.7 Å². The van der Waals surface area contributed by atoms with Crippen LogP contribution in [0.25, 0.3) is 5.69 Å². The van der Waals surface area contributed by atoms with E-state index in [4.69, 9.17) is 9.47 Å². The Morgan fingerprint density at radius 3 is 2.52 bits per heavy atom. The highest BCUT2D eigenvalue weighted by Crippen LogP contribution is 2.21. The molecule has 0 aliphatic carbocycles. The van der Waals surface area contributed by atoms with Gasteiger partial charge in [0.1, 0.15) is 18.0 Å². The zero-order chi connectivity index (χ0) is 21.0. The number of methoxy groups -OCH3 is 1. The predicted molar refractivity (Wildman–Crippen MR) is 105 cm³/mol. The smallest absolute Gasteiger partial charge is 0.278 e. The number of carbonyl (C=O) groups is 1. The molecule has 2 aromatic carbocycles. The lowest BCUT2D eigenvalue weighted by Gasteiger charge is -2.14. The van der Waals surface area contributed by atoms with Gasteiger partial charge in [0.15, 0.2) is 17.3 Å². The Bertz CT molecular complexity index is 1080. The van der Waals surface area contributed by atoms with Crippen LogP contribution in [0.1, 0.15) is 16.1 Å². The van der Waals surface area contributed by atoms with Gasteiger partial charge < -0.3 is 14.4 Å². The van der Waals surface area contributed by atoms with Crippen LogP contribution < -0.4 is 14.9 Å². The van der Waals surface area contributed by atoms with Crippen molar-refractivity contribution in [2.75, 3.05) is 21.2 Å². The minimum Gasteiger partial charge on any atom is -0.491 e. The van der Waals surface area contributed by atoms with Crippen LogP contribution >= 0.6 is 0 Å². The fourth-order valence-electron chi connectivity index (χ4n) is 2.59. The van der Waals surface area contributed by atoms with Gasteiger partial charge >= 0.3 is 0 Å². The second-order valence-corrected chi connectivity index (χ2v) is 6.41. The van der Waals surface area contributed by atoms with Crippen LogP contribution in [-0.4, -0.2) is 41.8 Å². The molecule has 0 saturated carbocycles. The molecule has 1 heterocycles. The summed E-state index contributed by atoms with van der Waals surface area (Å²) < 4.78 is 26.5. The standard InChI is InChI=1S/C21H20FN3O4/c1-24(2)21(27)19-20(26)18(28-3)12-25(23-19)17-10-9-15(11-16(17)22)29-13-14-7-5-4-6-8-14/h4-12H,13H2,1-3H3. The summed E-state index contributed by atoms with van der Waals surface area (Å²) in [7, 11) is 4.28. The predicted octanol–water partition coefficient (Wildman–Crippen LogP) is 2.66. The lowest BCUT2D eigenvalue weighted by Crippen LogP contribution is -2.31. The van der Waals surface area contributed by atoms with Crippen LogP contribution in [0.4, 0.5) is 4.39 Å². The first-order chi connectivity index (χ1) is 13.9. The lowest BCUT2D eigenvalue weighted by molar-refractivity contribution is 0.0818. The fraction of sp³-hybridized carbons (Fsp3) is 0.190. The minimum absolute atomic E-state index is 0.0446. The van der Waals surface area contributed by atoms with Crippen molar-refractivity contribution in [1.29, 1.82) is 0 Å². The topological polar surface area (TPSA) is 73.7 Å². The van der Waals surface area contributed by atoms with E-state index in [1.54, 1.807) is 6.07 Å². The molecule has 3 rings (SSSR count). The van der Waals surface area contributed by atoms with Gasteiger partial charge in [-0.2, -0.15) is 5.10 Å². The van der Waals surface area contributed by atoms with E-state index in [1.165, 1.54) is 44.4 Å². The van der Waals surface area contributed by atoms with Gasteiger partial charge in [-0.15, -0.1) is 0 Å². The van der Waals surface area contributed by atoms with Crippen LogP contribution in [0, 0.1) is 5.82 Å². The van der Waals surface area contributed by atoms with E-state index in [0.29, 0.717) is 12.4 Å². The second-order valence-electron chi connectivity index (χ2n) is 6.41. The molecule has 29 heavy (non-hydrogen) atoms. The quantitative estimate of drug-likeness (QED) is 0.639.